The van der Waals surface area contributed by atoms with Crippen LogP contribution in [0.4, 0.5) is 10.5 Å². The molecule has 0 fully saturated rings. The molecule has 0 aliphatic carbocycles. The van der Waals surface area contributed by atoms with Crippen molar-refractivity contribution in [3.63, 3.8) is 0 Å². The van der Waals surface area contributed by atoms with Crippen LogP contribution >= 0.6 is 0 Å². The second-order valence-corrected chi connectivity index (χ2v) is 4.57. The number of ether oxygens (including phenoxy) is 2. The molecule has 1 N–H and O–H groups in total. The van der Waals surface area contributed by atoms with Gasteiger partial charge in [0.15, 0.2) is 0 Å². The normalized spacial score (nSPS) is 10.3. The van der Waals surface area contributed by atoms with Gasteiger partial charge in [0.1, 0.15) is 6.61 Å². The molecule has 0 heterocycles. The smallest absolute Gasteiger partial charge is 0.438 e. The summed E-state index contributed by atoms with van der Waals surface area (Å²) in [6.45, 7) is 0.0909. The van der Waals surface area contributed by atoms with E-state index in [4.69, 9.17) is 4.74 Å². The fourth-order valence-electron chi connectivity index (χ4n) is 1.89. The van der Waals surface area contributed by atoms with E-state index in [9.17, 15) is 9.59 Å². The molecule has 1 amide bonds. The van der Waals surface area contributed by atoms with Gasteiger partial charge in [-0.25, -0.2) is 4.79 Å². The highest BCUT2D eigenvalue weighted by atomic mass is 16.7. The Labute approximate surface area is 134 Å². The summed E-state index contributed by atoms with van der Waals surface area (Å²) in [6, 6.07) is 16.3. The molecule has 2 rings (SSSR count). The first-order valence-electron chi connectivity index (χ1n) is 7.03. The molecule has 0 bridgehead atoms. The van der Waals surface area contributed by atoms with Gasteiger partial charge in [-0.2, -0.15) is 0 Å². The van der Waals surface area contributed by atoms with E-state index in [0.29, 0.717) is 11.3 Å². The van der Waals surface area contributed by atoms with Gasteiger partial charge in [0.05, 0.1) is 7.11 Å². The summed E-state index contributed by atoms with van der Waals surface area (Å²) in [5.41, 5.74) is 2.07. The van der Waals surface area contributed by atoms with Crippen LogP contribution in [0.2, 0.25) is 0 Å². The molecule has 0 aromatic heterocycles. The molecular formula is C18H17NO4. The minimum atomic E-state index is -0.736. The molecule has 118 valence electrons. The topological polar surface area (TPSA) is 64.6 Å². The van der Waals surface area contributed by atoms with Gasteiger partial charge in [-0.1, -0.05) is 42.5 Å². The van der Waals surface area contributed by atoms with Crippen LogP contribution in [-0.4, -0.2) is 25.8 Å². The van der Waals surface area contributed by atoms with Crippen molar-refractivity contribution in [1.29, 1.82) is 0 Å². The second kappa shape index (κ2) is 8.38. The third-order valence-electron chi connectivity index (χ3n) is 3.01. The predicted octanol–water partition coefficient (Wildman–Crippen LogP) is 3.74. The average Bonchev–Trinajstić information content (AvgIpc) is 2.60. The minimum Gasteiger partial charge on any atom is -0.438 e. The largest absolute Gasteiger partial charge is 0.508 e. The van der Waals surface area contributed by atoms with E-state index in [0.717, 1.165) is 5.56 Å². The fourth-order valence-corrected chi connectivity index (χ4v) is 1.89. The Hall–Kier alpha value is -3.08. The summed E-state index contributed by atoms with van der Waals surface area (Å²) >= 11 is 0. The molecule has 2 aromatic carbocycles. The molecule has 0 spiro atoms. The number of methoxy groups -OCH3 is 1. The van der Waals surface area contributed by atoms with Crippen LogP contribution in [0.15, 0.2) is 60.7 Å². The van der Waals surface area contributed by atoms with Crippen LogP contribution in [0.25, 0.3) is 6.08 Å². The molecule has 23 heavy (non-hydrogen) atoms. The number of hydrogen-bond donors (Lipinski definition) is 1. The molecule has 0 unspecified atom stereocenters. The first-order valence-corrected chi connectivity index (χ1v) is 7.03. The number of anilines is 1. The monoisotopic (exact) mass is 311 g/mol. The lowest BCUT2D eigenvalue weighted by Gasteiger charge is -2.08. The zero-order chi connectivity index (χ0) is 16.5. The number of carbonyl (C=O) groups excluding carboxylic acids is 2. The summed E-state index contributed by atoms with van der Waals surface area (Å²) in [4.78, 5) is 23.1. The maximum absolute atomic E-state index is 12.2. The molecule has 0 saturated carbocycles. The Kier molecular flexibility index (Phi) is 5.94. The van der Waals surface area contributed by atoms with E-state index in [2.05, 4.69) is 10.1 Å². The molecular weight excluding hydrogens is 294 g/mol. The Morgan fingerprint density at radius 2 is 1.74 bits per heavy atom. The van der Waals surface area contributed by atoms with E-state index in [1.165, 1.54) is 7.11 Å². The molecule has 0 radical (unpaired) electrons. The van der Waals surface area contributed by atoms with Crippen LogP contribution < -0.4 is 5.32 Å². The Balaban J connectivity index is 2.04. The number of para-hydroxylation sites is 1. The first kappa shape index (κ1) is 16.3. The predicted molar refractivity (Wildman–Crippen MR) is 88.2 cm³/mol. The van der Waals surface area contributed by atoms with Crippen molar-refractivity contribution >= 4 is 23.8 Å². The van der Waals surface area contributed by atoms with Crippen molar-refractivity contribution in [3.8, 4) is 0 Å². The zero-order valence-corrected chi connectivity index (χ0v) is 12.7. The van der Waals surface area contributed by atoms with Crippen molar-refractivity contribution in [2.24, 2.45) is 0 Å². The molecule has 2 aromatic rings. The quantitative estimate of drug-likeness (QED) is 0.854. The summed E-state index contributed by atoms with van der Waals surface area (Å²) in [7, 11) is 1.25. The van der Waals surface area contributed by atoms with Crippen LogP contribution in [-0.2, 0) is 9.47 Å². The van der Waals surface area contributed by atoms with E-state index >= 15 is 0 Å². The summed E-state index contributed by atoms with van der Waals surface area (Å²) in [5, 5.41) is 2.87. The van der Waals surface area contributed by atoms with Gasteiger partial charge in [0, 0.05) is 11.3 Å². The van der Waals surface area contributed by atoms with E-state index in [1.54, 1.807) is 24.3 Å². The third-order valence-corrected chi connectivity index (χ3v) is 3.01. The van der Waals surface area contributed by atoms with Gasteiger partial charge in [-0.3, -0.25) is 4.79 Å². The maximum Gasteiger partial charge on any atom is 0.508 e. The zero-order valence-electron chi connectivity index (χ0n) is 12.7. The SMILES string of the molecule is COC(=O)OC/C=C/c1ccccc1NC(=O)c1ccccc1. The van der Waals surface area contributed by atoms with Crippen molar-refractivity contribution in [3.05, 3.63) is 71.8 Å². The average molecular weight is 311 g/mol. The molecule has 0 aliphatic rings. The lowest BCUT2D eigenvalue weighted by atomic mass is 10.1. The molecule has 5 nitrogen and oxygen atoms in total. The highest BCUT2D eigenvalue weighted by Crippen LogP contribution is 2.17. The summed E-state index contributed by atoms with van der Waals surface area (Å²) in [5.74, 6) is -0.183. The first-order chi connectivity index (χ1) is 11.2. The van der Waals surface area contributed by atoms with E-state index in [-0.39, 0.29) is 12.5 Å². The van der Waals surface area contributed by atoms with Crippen LogP contribution in [0.1, 0.15) is 15.9 Å². The van der Waals surface area contributed by atoms with Gasteiger partial charge in [0.2, 0.25) is 0 Å². The third kappa shape index (κ3) is 5.00. The number of hydrogen-bond acceptors (Lipinski definition) is 4. The molecule has 0 saturated heterocycles. The van der Waals surface area contributed by atoms with Gasteiger partial charge in [-0.15, -0.1) is 0 Å². The molecule has 0 atom stereocenters. The number of amides is 1. The highest BCUT2D eigenvalue weighted by molar-refractivity contribution is 6.05. The van der Waals surface area contributed by atoms with E-state index in [1.807, 2.05) is 42.5 Å². The Morgan fingerprint density at radius 1 is 1.04 bits per heavy atom. The summed E-state index contributed by atoms with van der Waals surface area (Å²) in [6.07, 6.45) is 2.70. The van der Waals surface area contributed by atoms with Gasteiger partial charge < -0.3 is 14.8 Å². The molecule has 0 aliphatic heterocycles. The number of nitrogens with one attached hydrogen (secondary N) is 1. The number of carbonyl (C=O) groups is 2. The second-order valence-electron chi connectivity index (χ2n) is 4.57. The lowest BCUT2D eigenvalue weighted by Crippen LogP contribution is -2.12. The molecule has 5 heteroatoms. The standard InChI is InChI=1S/C18H17NO4/c1-22-18(21)23-13-7-11-14-8-5-6-12-16(14)19-17(20)15-9-3-2-4-10-15/h2-12H,13H2,1H3,(H,19,20)/b11-7+. The van der Waals surface area contributed by atoms with Crippen molar-refractivity contribution in [2.45, 2.75) is 0 Å². The van der Waals surface area contributed by atoms with Crippen LogP contribution in [0.5, 0.6) is 0 Å². The van der Waals surface area contributed by atoms with Crippen LogP contribution in [0.3, 0.4) is 0 Å². The Morgan fingerprint density at radius 3 is 2.48 bits per heavy atom. The van der Waals surface area contributed by atoms with Crippen molar-refractivity contribution < 1.29 is 19.1 Å². The minimum absolute atomic E-state index is 0.0909. The summed E-state index contributed by atoms with van der Waals surface area (Å²) < 4.78 is 9.14. The van der Waals surface area contributed by atoms with Gasteiger partial charge >= 0.3 is 6.16 Å². The number of benzene rings is 2. The van der Waals surface area contributed by atoms with Crippen LogP contribution in [0, 0.1) is 0 Å². The van der Waals surface area contributed by atoms with Gasteiger partial charge in [-0.05, 0) is 29.8 Å². The maximum atomic E-state index is 12.2. The number of rotatable bonds is 5. The van der Waals surface area contributed by atoms with Crippen molar-refractivity contribution in [2.75, 3.05) is 19.0 Å². The highest BCUT2D eigenvalue weighted by Gasteiger charge is 2.07. The van der Waals surface area contributed by atoms with Gasteiger partial charge in [0.25, 0.3) is 5.91 Å². The fraction of sp³-hybridized carbons (Fsp3) is 0.111. The Bertz CT molecular complexity index is 695. The van der Waals surface area contributed by atoms with E-state index < -0.39 is 6.16 Å². The van der Waals surface area contributed by atoms with Crippen molar-refractivity contribution in [1.82, 2.24) is 0 Å². The lowest BCUT2D eigenvalue weighted by molar-refractivity contribution is 0.0819.